The minimum absolute atomic E-state index is 0.00927. The third-order valence-electron chi connectivity index (χ3n) is 4.71. The van der Waals surface area contributed by atoms with E-state index in [1.54, 1.807) is 12.1 Å². The molecule has 1 aliphatic rings. The molecular formula is C20H28F2N4O4. The molecule has 0 radical (unpaired) electrons. The van der Waals surface area contributed by atoms with Gasteiger partial charge in [-0.2, -0.15) is 14.0 Å². The van der Waals surface area contributed by atoms with E-state index in [1.165, 1.54) is 25.2 Å². The molecule has 1 saturated carbocycles. The third kappa shape index (κ3) is 7.31. The van der Waals surface area contributed by atoms with Crippen molar-refractivity contribution in [2.24, 2.45) is 16.6 Å². The first-order valence-corrected chi connectivity index (χ1v) is 9.62. The molecule has 1 aliphatic carbocycles. The normalized spacial score (nSPS) is 15.2. The van der Waals surface area contributed by atoms with Crippen LogP contribution in [0, 0.1) is 17.4 Å². The van der Waals surface area contributed by atoms with Crippen LogP contribution < -0.4 is 15.2 Å². The molecule has 10 heteroatoms. The minimum Gasteiger partial charge on any atom is -0.489 e. The number of halogens is 2. The summed E-state index contributed by atoms with van der Waals surface area (Å²) in [6, 6.07) is 4.79. The highest BCUT2D eigenvalue weighted by Crippen LogP contribution is 2.35. The summed E-state index contributed by atoms with van der Waals surface area (Å²) in [6.07, 6.45) is 3.59. The van der Waals surface area contributed by atoms with Gasteiger partial charge in [0.05, 0.1) is 13.2 Å². The lowest BCUT2D eigenvalue weighted by atomic mass is 10.00. The summed E-state index contributed by atoms with van der Waals surface area (Å²) in [5, 5.41) is 9.45. The third-order valence-corrected chi connectivity index (χ3v) is 4.71. The zero-order valence-electron chi connectivity index (χ0n) is 17.4. The zero-order chi connectivity index (χ0) is 22.1. The Morgan fingerprint density at radius 1 is 1.30 bits per heavy atom. The maximum atomic E-state index is 12.7. The SMILES string of the molecule is COC(CN=C(N)N(C#N)CC(C)c1ccc(OC(F)F)c(OCC2CC2)c1)OC. The number of hydrogen-bond donors (Lipinski definition) is 1. The number of alkyl halides is 2. The minimum atomic E-state index is -2.94. The Morgan fingerprint density at radius 3 is 2.57 bits per heavy atom. The Morgan fingerprint density at radius 2 is 2.00 bits per heavy atom. The molecule has 0 aromatic heterocycles. The van der Waals surface area contributed by atoms with Crippen molar-refractivity contribution in [2.45, 2.75) is 38.6 Å². The number of nitrogens with two attached hydrogens (primary N) is 1. The summed E-state index contributed by atoms with van der Waals surface area (Å²) < 4.78 is 45.7. The van der Waals surface area contributed by atoms with Crippen LogP contribution >= 0.6 is 0 Å². The lowest BCUT2D eigenvalue weighted by molar-refractivity contribution is -0.0937. The number of guanidine groups is 1. The summed E-state index contributed by atoms with van der Waals surface area (Å²) in [7, 11) is 2.96. The van der Waals surface area contributed by atoms with E-state index in [1.807, 2.05) is 13.1 Å². The fourth-order valence-electron chi connectivity index (χ4n) is 2.69. The van der Waals surface area contributed by atoms with Gasteiger partial charge in [0.1, 0.15) is 0 Å². The van der Waals surface area contributed by atoms with Crippen LogP contribution in [0.4, 0.5) is 8.78 Å². The predicted molar refractivity (Wildman–Crippen MR) is 106 cm³/mol. The summed E-state index contributed by atoms with van der Waals surface area (Å²) >= 11 is 0. The monoisotopic (exact) mass is 426 g/mol. The second-order valence-electron chi connectivity index (χ2n) is 7.05. The largest absolute Gasteiger partial charge is 0.489 e. The van der Waals surface area contributed by atoms with Crippen LogP contribution in [-0.2, 0) is 9.47 Å². The summed E-state index contributed by atoms with van der Waals surface area (Å²) in [6.45, 7) is -0.206. The number of nitriles is 1. The molecule has 2 rings (SSSR count). The highest BCUT2D eigenvalue weighted by Gasteiger charge is 2.24. The van der Waals surface area contributed by atoms with E-state index >= 15 is 0 Å². The fraction of sp³-hybridized carbons (Fsp3) is 0.600. The van der Waals surface area contributed by atoms with E-state index in [0.717, 1.165) is 18.4 Å². The molecule has 30 heavy (non-hydrogen) atoms. The molecule has 1 atom stereocenters. The van der Waals surface area contributed by atoms with Gasteiger partial charge in [-0.25, -0.2) is 9.89 Å². The van der Waals surface area contributed by atoms with Crippen molar-refractivity contribution in [1.82, 2.24) is 4.90 Å². The van der Waals surface area contributed by atoms with Gasteiger partial charge in [0.15, 0.2) is 24.0 Å². The number of hydrogen-bond acceptors (Lipinski definition) is 6. The second-order valence-corrected chi connectivity index (χ2v) is 7.05. The van der Waals surface area contributed by atoms with Gasteiger partial charge >= 0.3 is 6.61 Å². The van der Waals surface area contributed by atoms with Gasteiger partial charge in [0, 0.05) is 26.7 Å². The first-order chi connectivity index (χ1) is 14.4. The van der Waals surface area contributed by atoms with Gasteiger partial charge < -0.3 is 24.7 Å². The van der Waals surface area contributed by atoms with Crippen molar-refractivity contribution in [3.8, 4) is 17.7 Å². The van der Waals surface area contributed by atoms with E-state index in [4.69, 9.17) is 19.9 Å². The topological polar surface area (TPSA) is 102 Å². The van der Waals surface area contributed by atoms with E-state index in [0.29, 0.717) is 12.5 Å². The van der Waals surface area contributed by atoms with Gasteiger partial charge in [-0.05, 0) is 36.5 Å². The van der Waals surface area contributed by atoms with Crippen molar-refractivity contribution in [3.05, 3.63) is 23.8 Å². The van der Waals surface area contributed by atoms with Gasteiger partial charge in [0.2, 0.25) is 5.96 Å². The first-order valence-electron chi connectivity index (χ1n) is 9.62. The van der Waals surface area contributed by atoms with Gasteiger partial charge in [-0.1, -0.05) is 13.0 Å². The molecule has 0 spiro atoms. The van der Waals surface area contributed by atoms with Gasteiger partial charge in [0.25, 0.3) is 0 Å². The molecule has 1 aromatic carbocycles. The Bertz CT molecular complexity index is 749. The Balaban J connectivity index is 2.09. The molecule has 0 aliphatic heterocycles. The smallest absolute Gasteiger partial charge is 0.387 e. The maximum absolute atomic E-state index is 12.7. The van der Waals surface area contributed by atoms with Crippen molar-refractivity contribution >= 4 is 5.96 Å². The highest BCUT2D eigenvalue weighted by atomic mass is 19.3. The average Bonchev–Trinajstić information content (AvgIpc) is 3.55. The predicted octanol–water partition coefficient (Wildman–Crippen LogP) is 2.90. The highest BCUT2D eigenvalue weighted by molar-refractivity contribution is 5.79. The molecule has 8 nitrogen and oxygen atoms in total. The number of methoxy groups -OCH3 is 2. The van der Waals surface area contributed by atoms with Crippen LogP contribution in [-0.4, -0.2) is 57.7 Å². The standard InChI is InChI=1S/C20H28F2N4O4/c1-13(10-26(12-23)20(24)25-9-18(27-2)28-3)15-6-7-16(30-19(21)22)17(8-15)29-11-14-4-5-14/h6-8,13-14,18-19H,4-5,9-11H2,1-3H3,(H2,24,25). The lowest BCUT2D eigenvalue weighted by Gasteiger charge is -2.21. The van der Waals surface area contributed by atoms with Crippen LogP contribution in [0.25, 0.3) is 0 Å². The molecule has 1 aromatic rings. The molecule has 0 saturated heterocycles. The average molecular weight is 426 g/mol. The van der Waals surface area contributed by atoms with Crippen molar-refractivity contribution in [2.75, 3.05) is 33.9 Å². The van der Waals surface area contributed by atoms with Crippen molar-refractivity contribution < 1.29 is 27.7 Å². The number of benzene rings is 1. The molecule has 0 bridgehead atoms. The van der Waals surface area contributed by atoms with Crippen molar-refractivity contribution in [1.29, 1.82) is 5.26 Å². The number of rotatable bonds is 12. The van der Waals surface area contributed by atoms with E-state index in [-0.39, 0.29) is 36.5 Å². The summed E-state index contributed by atoms with van der Waals surface area (Å²) in [5.74, 6) is 0.581. The Kier molecular flexibility index (Phi) is 9.08. The Labute approximate surface area is 175 Å². The van der Waals surface area contributed by atoms with Crippen LogP contribution in [0.15, 0.2) is 23.2 Å². The zero-order valence-corrected chi connectivity index (χ0v) is 17.4. The summed E-state index contributed by atoms with van der Waals surface area (Å²) in [5.41, 5.74) is 6.72. The number of nitrogens with zero attached hydrogens (tertiary/aromatic N) is 3. The number of aliphatic imine (C=N–C) groups is 1. The molecule has 166 valence electrons. The van der Waals surface area contributed by atoms with E-state index in [2.05, 4.69) is 9.73 Å². The molecular weight excluding hydrogens is 398 g/mol. The van der Waals surface area contributed by atoms with E-state index < -0.39 is 12.9 Å². The molecule has 1 unspecified atom stereocenters. The molecule has 2 N–H and O–H groups in total. The van der Waals surface area contributed by atoms with Gasteiger partial charge in [-0.15, -0.1) is 0 Å². The lowest BCUT2D eigenvalue weighted by Crippen LogP contribution is -2.37. The second kappa shape index (κ2) is 11.5. The van der Waals surface area contributed by atoms with Crippen LogP contribution in [0.1, 0.15) is 31.2 Å². The quantitative estimate of drug-likeness (QED) is 0.180. The number of ether oxygens (including phenoxy) is 4. The van der Waals surface area contributed by atoms with Gasteiger partial charge in [-0.3, -0.25) is 0 Å². The van der Waals surface area contributed by atoms with E-state index in [9.17, 15) is 14.0 Å². The summed E-state index contributed by atoms with van der Waals surface area (Å²) in [4.78, 5) is 5.38. The van der Waals surface area contributed by atoms with Crippen LogP contribution in [0.5, 0.6) is 11.5 Å². The van der Waals surface area contributed by atoms with Crippen LogP contribution in [0.3, 0.4) is 0 Å². The molecule has 1 fully saturated rings. The van der Waals surface area contributed by atoms with Crippen molar-refractivity contribution in [3.63, 3.8) is 0 Å². The van der Waals surface area contributed by atoms with Crippen LogP contribution in [0.2, 0.25) is 0 Å². The fourth-order valence-corrected chi connectivity index (χ4v) is 2.69. The maximum Gasteiger partial charge on any atom is 0.387 e. The molecule has 0 heterocycles. The first kappa shape index (κ1) is 23.6. The molecule has 0 amide bonds. The Hall–Kier alpha value is -2.64.